The van der Waals surface area contributed by atoms with Crippen LogP contribution in [0.4, 0.5) is 4.39 Å². The van der Waals surface area contributed by atoms with Gasteiger partial charge in [-0.2, -0.15) is 0 Å². The SMILES string of the molecule is CC(C)(C)c1ccc(C(=O)NC2=NC(c3cccc(F)c3)CC(=O)N2)cc1. The minimum Gasteiger partial charge on any atom is -0.296 e. The quantitative estimate of drug-likeness (QED) is 0.853. The molecule has 1 atom stereocenters. The predicted octanol–water partition coefficient (Wildman–Crippen LogP) is 3.47. The molecular formula is C21H22FN3O2. The van der Waals surface area contributed by atoms with E-state index in [1.807, 2.05) is 12.1 Å². The number of hydrogen-bond acceptors (Lipinski definition) is 3. The zero-order valence-corrected chi connectivity index (χ0v) is 15.5. The molecular weight excluding hydrogens is 345 g/mol. The third-order valence-electron chi connectivity index (χ3n) is 4.40. The van der Waals surface area contributed by atoms with E-state index in [1.165, 1.54) is 12.1 Å². The number of hydrogen-bond donors (Lipinski definition) is 2. The molecule has 2 N–H and O–H groups in total. The zero-order chi connectivity index (χ0) is 19.6. The fourth-order valence-electron chi connectivity index (χ4n) is 2.86. The van der Waals surface area contributed by atoms with E-state index >= 15 is 0 Å². The van der Waals surface area contributed by atoms with Crippen LogP contribution >= 0.6 is 0 Å². The van der Waals surface area contributed by atoms with Gasteiger partial charge in [0.05, 0.1) is 12.5 Å². The Morgan fingerprint density at radius 1 is 1.19 bits per heavy atom. The highest BCUT2D eigenvalue weighted by Crippen LogP contribution is 2.24. The van der Waals surface area contributed by atoms with Gasteiger partial charge >= 0.3 is 0 Å². The third-order valence-corrected chi connectivity index (χ3v) is 4.40. The van der Waals surface area contributed by atoms with Crippen LogP contribution in [0.5, 0.6) is 0 Å². The van der Waals surface area contributed by atoms with E-state index in [2.05, 4.69) is 36.4 Å². The topological polar surface area (TPSA) is 70.6 Å². The van der Waals surface area contributed by atoms with E-state index in [0.717, 1.165) is 5.56 Å². The highest BCUT2D eigenvalue weighted by atomic mass is 19.1. The largest absolute Gasteiger partial charge is 0.296 e. The molecule has 0 fully saturated rings. The number of amides is 2. The second-order valence-corrected chi connectivity index (χ2v) is 7.58. The van der Waals surface area contributed by atoms with E-state index in [-0.39, 0.29) is 29.6 Å². The molecule has 0 saturated carbocycles. The molecule has 1 aliphatic rings. The van der Waals surface area contributed by atoms with Crippen molar-refractivity contribution in [2.24, 2.45) is 4.99 Å². The average Bonchev–Trinajstić information content (AvgIpc) is 2.60. The van der Waals surface area contributed by atoms with Crippen LogP contribution in [0.1, 0.15) is 54.7 Å². The van der Waals surface area contributed by atoms with Crippen molar-refractivity contribution in [3.8, 4) is 0 Å². The van der Waals surface area contributed by atoms with Gasteiger partial charge in [-0.1, -0.05) is 45.0 Å². The number of nitrogens with one attached hydrogen (secondary N) is 2. The molecule has 1 aliphatic heterocycles. The van der Waals surface area contributed by atoms with Gasteiger partial charge in [-0.15, -0.1) is 0 Å². The number of rotatable bonds is 2. The Labute approximate surface area is 157 Å². The summed E-state index contributed by atoms with van der Waals surface area (Å²) in [6.07, 6.45) is 0.100. The summed E-state index contributed by atoms with van der Waals surface area (Å²) >= 11 is 0. The Hall–Kier alpha value is -3.02. The van der Waals surface area contributed by atoms with Crippen molar-refractivity contribution in [3.05, 3.63) is 71.0 Å². The maximum atomic E-state index is 13.4. The lowest BCUT2D eigenvalue weighted by Gasteiger charge is -2.22. The number of guanidine groups is 1. The summed E-state index contributed by atoms with van der Waals surface area (Å²) in [6, 6.07) is 12.7. The minimum absolute atomic E-state index is 0.00534. The van der Waals surface area contributed by atoms with Crippen LogP contribution in [-0.4, -0.2) is 17.8 Å². The minimum atomic E-state index is -0.534. The van der Waals surface area contributed by atoms with Gasteiger partial charge < -0.3 is 0 Å². The number of carbonyl (C=O) groups excluding carboxylic acids is 2. The molecule has 2 amide bonds. The van der Waals surface area contributed by atoms with Crippen LogP contribution in [0.15, 0.2) is 53.5 Å². The Kier molecular flexibility index (Phi) is 5.08. The van der Waals surface area contributed by atoms with Crippen molar-refractivity contribution in [2.45, 2.75) is 38.6 Å². The highest BCUT2D eigenvalue weighted by molar-refractivity contribution is 6.10. The van der Waals surface area contributed by atoms with Crippen LogP contribution in [0.25, 0.3) is 0 Å². The van der Waals surface area contributed by atoms with Crippen LogP contribution in [0, 0.1) is 5.82 Å². The van der Waals surface area contributed by atoms with Gasteiger partial charge in [0.15, 0.2) is 0 Å². The summed E-state index contributed by atoms with van der Waals surface area (Å²) in [7, 11) is 0. The molecule has 0 radical (unpaired) electrons. The van der Waals surface area contributed by atoms with E-state index in [1.54, 1.807) is 24.3 Å². The number of carbonyl (C=O) groups is 2. The van der Waals surface area contributed by atoms with E-state index in [4.69, 9.17) is 0 Å². The fourth-order valence-corrected chi connectivity index (χ4v) is 2.86. The molecule has 5 nitrogen and oxygen atoms in total. The molecule has 0 saturated heterocycles. The van der Waals surface area contributed by atoms with Gasteiger partial charge in [-0.05, 0) is 40.8 Å². The summed E-state index contributed by atoms with van der Waals surface area (Å²) in [4.78, 5) is 28.8. The number of benzene rings is 2. The first-order valence-corrected chi connectivity index (χ1v) is 8.77. The molecule has 0 spiro atoms. The Morgan fingerprint density at radius 3 is 2.52 bits per heavy atom. The zero-order valence-electron chi connectivity index (χ0n) is 15.5. The average molecular weight is 367 g/mol. The molecule has 140 valence electrons. The molecule has 0 aliphatic carbocycles. The number of aliphatic imine (C=N–C) groups is 1. The van der Waals surface area contributed by atoms with Gasteiger partial charge in [0.1, 0.15) is 5.82 Å². The van der Waals surface area contributed by atoms with Crippen LogP contribution < -0.4 is 10.6 Å². The molecule has 0 bridgehead atoms. The first kappa shape index (κ1) is 18.8. The lowest BCUT2D eigenvalue weighted by Crippen LogP contribution is -2.47. The first-order chi connectivity index (χ1) is 12.7. The standard InChI is InChI=1S/C21H22FN3O2/c1-21(2,3)15-9-7-13(8-10-15)19(27)25-20-23-17(12-18(26)24-20)14-5-4-6-16(22)11-14/h4-11,17H,12H2,1-3H3,(H2,23,24,25,26,27). The van der Waals surface area contributed by atoms with Crippen LogP contribution in [-0.2, 0) is 10.2 Å². The van der Waals surface area contributed by atoms with Crippen LogP contribution in [0.3, 0.4) is 0 Å². The summed E-state index contributed by atoms with van der Waals surface area (Å²) in [5.41, 5.74) is 2.17. The lowest BCUT2D eigenvalue weighted by atomic mass is 9.87. The molecule has 2 aromatic rings. The second-order valence-electron chi connectivity index (χ2n) is 7.58. The van der Waals surface area contributed by atoms with Crippen molar-refractivity contribution in [2.75, 3.05) is 0 Å². The van der Waals surface area contributed by atoms with Gasteiger partial charge in [0, 0.05) is 5.56 Å². The fraction of sp³-hybridized carbons (Fsp3) is 0.286. The number of nitrogens with zero attached hydrogens (tertiary/aromatic N) is 1. The van der Waals surface area contributed by atoms with Gasteiger partial charge in [0.2, 0.25) is 11.9 Å². The van der Waals surface area contributed by atoms with Gasteiger partial charge in [-0.25, -0.2) is 9.38 Å². The third kappa shape index (κ3) is 4.58. The van der Waals surface area contributed by atoms with E-state index in [9.17, 15) is 14.0 Å². The van der Waals surface area contributed by atoms with Gasteiger partial charge in [-0.3, -0.25) is 20.2 Å². The summed E-state index contributed by atoms with van der Waals surface area (Å²) in [5.74, 6) is -0.962. The molecule has 6 heteroatoms. The van der Waals surface area contributed by atoms with Crippen molar-refractivity contribution >= 4 is 17.8 Å². The smallest absolute Gasteiger partial charge is 0.257 e. The molecule has 2 aromatic carbocycles. The van der Waals surface area contributed by atoms with Crippen molar-refractivity contribution in [3.63, 3.8) is 0 Å². The molecule has 27 heavy (non-hydrogen) atoms. The van der Waals surface area contributed by atoms with E-state index in [0.29, 0.717) is 11.1 Å². The molecule has 3 rings (SSSR count). The molecule has 1 unspecified atom stereocenters. The second kappa shape index (κ2) is 7.31. The van der Waals surface area contributed by atoms with Crippen molar-refractivity contribution in [1.82, 2.24) is 10.6 Å². The summed E-state index contributed by atoms with van der Waals surface area (Å²) in [5, 5.41) is 5.18. The summed E-state index contributed by atoms with van der Waals surface area (Å²) in [6.45, 7) is 6.29. The van der Waals surface area contributed by atoms with Crippen molar-refractivity contribution < 1.29 is 14.0 Å². The molecule has 0 aromatic heterocycles. The molecule has 1 heterocycles. The monoisotopic (exact) mass is 367 g/mol. The highest BCUT2D eigenvalue weighted by Gasteiger charge is 2.24. The lowest BCUT2D eigenvalue weighted by molar-refractivity contribution is -0.120. The summed E-state index contributed by atoms with van der Waals surface area (Å²) < 4.78 is 13.4. The van der Waals surface area contributed by atoms with E-state index < -0.39 is 11.9 Å². The van der Waals surface area contributed by atoms with Crippen molar-refractivity contribution in [1.29, 1.82) is 0 Å². The van der Waals surface area contributed by atoms with Gasteiger partial charge in [0.25, 0.3) is 5.91 Å². The predicted molar refractivity (Wildman–Crippen MR) is 102 cm³/mol. The van der Waals surface area contributed by atoms with Crippen LogP contribution in [0.2, 0.25) is 0 Å². The number of halogens is 1. The Morgan fingerprint density at radius 2 is 1.89 bits per heavy atom. The maximum absolute atomic E-state index is 13.4. The normalized spacial score (nSPS) is 17.1. The Balaban J connectivity index is 1.77. The maximum Gasteiger partial charge on any atom is 0.257 e. The Bertz CT molecular complexity index is 898. The first-order valence-electron chi connectivity index (χ1n) is 8.77.